The molecule has 0 aromatic heterocycles. The lowest BCUT2D eigenvalue weighted by Gasteiger charge is -2.41. The summed E-state index contributed by atoms with van der Waals surface area (Å²) < 4.78 is 11.8. The fraction of sp³-hybridized carbons (Fsp3) is 0.718. The largest absolute Gasteiger partial charge is 0.480 e. The van der Waals surface area contributed by atoms with Gasteiger partial charge >= 0.3 is 5.97 Å². The third-order valence-corrected chi connectivity index (χ3v) is 10.7. The molecule has 0 bridgehead atoms. The summed E-state index contributed by atoms with van der Waals surface area (Å²) in [5, 5.41) is 15.4. The molecule has 0 radical (unpaired) electrons. The fourth-order valence-electron chi connectivity index (χ4n) is 7.67. The van der Waals surface area contributed by atoms with Crippen molar-refractivity contribution in [3.05, 3.63) is 35.9 Å². The van der Waals surface area contributed by atoms with E-state index in [1.807, 2.05) is 77.0 Å². The quantitative estimate of drug-likeness (QED) is 0.145. The van der Waals surface area contributed by atoms with Gasteiger partial charge in [0.15, 0.2) is 0 Å². The Morgan fingerprint density at radius 1 is 0.962 bits per heavy atom. The molecule has 1 aliphatic rings. The van der Waals surface area contributed by atoms with Gasteiger partial charge in [-0.15, -0.1) is 0 Å². The van der Waals surface area contributed by atoms with Gasteiger partial charge in [-0.1, -0.05) is 71.4 Å². The zero-order valence-electron chi connectivity index (χ0n) is 33.7. The maximum atomic E-state index is 14.1. The third-order valence-electron chi connectivity index (χ3n) is 10.7. The van der Waals surface area contributed by atoms with Gasteiger partial charge in [-0.25, -0.2) is 4.79 Å². The number of nitrogens with two attached hydrogens (primary N) is 1. The van der Waals surface area contributed by atoms with Gasteiger partial charge in [-0.2, -0.15) is 0 Å². The van der Waals surface area contributed by atoms with Crippen LogP contribution in [0.4, 0.5) is 0 Å². The van der Waals surface area contributed by atoms with Crippen molar-refractivity contribution in [2.75, 3.05) is 41.9 Å². The van der Waals surface area contributed by atoms with Crippen LogP contribution in [0.5, 0.6) is 0 Å². The maximum Gasteiger partial charge on any atom is 0.326 e. The highest BCUT2D eigenvalue weighted by molar-refractivity contribution is 5.90. The summed E-state index contributed by atoms with van der Waals surface area (Å²) in [7, 11) is 8.29. The number of carbonyl (C=O) groups is 5. The van der Waals surface area contributed by atoms with Crippen molar-refractivity contribution in [2.45, 2.75) is 122 Å². The first-order valence-electron chi connectivity index (χ1n) is 18.8. The Balaban J connectivity index is 2.27. The number of carbonyl (C=O) groups excluding carboxylic acids is 4. The van der Waals surface area contributed by atoms with E-state index in [1.54, 1.807) is 30.7 Å². The van der Waals surface area contributed by atoms with Crippen molar-refractivity contribution in [3.8, 4) is 0 Å². The Morgan fingerprint density at radius 2 is 1.58 bits per heavy atom. The zero-order chi connectivity index (χ0) is 40.2. The maximum absolute atomic E-state index is 14.1. The van der Waals surface area contributed by atoms with Gasteiger partial charge in [0.25, 0.3) is 0 Å². The van der Waals surface area contributed by atoms with Crippen LogP contribution in [-0.4, -0.2) is 140 Å². The number of carboxylic acids is 1. The molecular formula is C39H66N6O8. The Kier molecular flexibility index (Phi) is 18.3. The van der Waals surface area contributed by atoms with E-state index in [1.165, 1.54) is 14.2 Å². The van der Waals surface area contributed by atoms with Crippen LogP contribution < -0.4 is 16.4 Å². The van der Waals surface area contributed by atoms with Crippen LogP contribution in [0.15, 0.2) is 30.3 Å². The highest BCUT2D eigenvalue weighted by Gasteiger charge is 2.43. The molecule has 1 fully saturated rings. The Hall–Kier alpha value is -3.59. The lowest BCUT2D eigenvalue weighted by Crippen LogP contribution is -2.62. The lowest BCUT2D eigenvalue weighted by atomic mass is 9.89. The number of ether oxygens (including phenoxy) is 2. The number of nitrogens with zero attached hydrogens (tertiary/aromatic N) is 3. The molecule has 0 unspecified atom stereocenters. The number of likely N-dealkylation sites (N-methyl/N-ethyl adjacent to an activating group) is 2. The fourth-order valence-corrected chi connectivity index (χ4v) is 7.67. The number of carboxylic acid groups (broad SMARTS) is 1. The van der Waals surface area contributed by atoms with E-state index < -0.39 is 66.3 Å². The third kappa shape index (κ3) is 12.2. The second kappa shape index (κ2) is 21.3. The average molecular weight is 747 g/mol. The number of benzene rings is 1. The Morgan fingerprint density at radius 3 is 2.08 bits per heavy atom. The molecule has 1 heterocycles. The number of hydrogen-bond donors (Lipinski definition) is 4. The molecule has 1 aromatic carbocycles. The van der Waals surface area contributed by atoms with Gasteiger partial charge in [0.05, 0.1) is 42.7 Å². The molecule has 5 N–H and O–H groups in total. The van der Waals surface area contributed by atoms with Crippen LogP contribution in [-0.2, 0) is 39.9 Å². The average Bonchev–Trinajstić information content (AvgIpc) is 3.59. The summed E-state index contributed by atoms with van der Waals surface area (Å²) in [6.07, 6.45) is 0.668. The second-order valence-electron chi connectivity index (χ2n) is 15.2. The lowest BCUT2D eigenvalue weighted by molar-refractivity contribution is -0.148. The van der Waals surface area contributed by atoms with Crippen molar-refractivity contribution in [2.24, 2.45) is 23.5 Å². The number of rotatable bonds is 21. The zero-order valence-corrected chi connectivity index (χ0v) is 33.7. The highest BCUT2D eigenvalue weighted by Crippen LogP contribution is 2.29. The molecule has 53 heavy (non-hydrogen) atoms. The molecule has 4 amide bonds. The van der Waals surface area contributed by atoms with Crippen LogP contribution in [0.3, 0.4) is 0 Å². The van der Waals surface area contributed by atoms with Crippen LogP contribution in [0.2, 0.25) is 0 Å². The van der Waals surface area contributed by atoms with Crippen molar-refractivity contribution < 1.29 is 38.6 Å². The van der Waals surface area contributed by atoms with Gasteiger partial charge in [-0.05, 0) is 51.3 Å². The molecule has 0 saturated carbocycles. The first kappa shape index (κ1) is 45.6. The molecule has 300 valence electrons. The molecule has 10 atom stereocenters. The summed E-state index contributed by atoms with van der Waals surface area (Å²) in [5.74, 6) is -3.36. The number of likely N-dealkylation sites (tertiary alicyclic amines) is 1. The van der Waals surface area contributed by atoms with Crippen LogP contribution in [0.1, 0.15) is 72.8 Å². The van der Waals surface area contributed by atoms with Crippen LogP contribution >= 0.6 is 0 Å². The monoisotopic (exact) mass is 746 g/mol. The van der Waals surface area contributed by atoms with Gasteiger partial charge in [0.1, 0.15) is 12.1 Å². The molecule has 14 heteroatoms. The predicted molar refractivity (Wildman–Crippen MR) is 204 cm³/mol. The summed E-state index contributed by atoms with van der Waals surface area (Å²) in [6.45, 7) is 11.7. The number of aliphatic carboxylic acids is 1. The molecule has 1 saturated heterocycles. The standard InChI is InChI=1S/C39H66N6O8/c1-12-24(4)34(44(9)38(49)32(26(6)40)42-37(48)33(23(2)3)43(7)8)30(52-10)22-31(46)45-20-16-19-29(45)35(53-11)25(5)36(47)41-28(39(50)51)21-27-17-14-13-15-18-27/h13-15,17-18,23-26,28-30,32-35H,12,16,19-22,40H2,1-11H3,(H,41,47)(H,42,48)(H,50,51)/t24-,25+,26-,28-,29-,30+,32-,33-,34-,35+/m0/s1. The topological polar surface area (TPSA) is 184 Å². The molecule has 0 aliphatic carbocycles. The number of methoxy groups -OCH3 is 2. The van der Waals surface area contributed by atoms with Gasteiger partial charge in [-0.3, -0.25) is 24.1 Å². The van der Waals surface area contributed by atoms with E-state index in [4.69, 9.17) is 15.2 Å². The normalized spacial score (nSPS) is 19.7. The Labute approximate surface area is 316 Å². The summed E-state index contributed by atoms with van der Waals surface area (Å²) in [6, 6.07) is 4.82. The molecular weight excluding hydrogens is 680 g/mol. The smallest absolute Gasteiger partial charge is 0.326 e. The van der Waals surface area contributed by atoms with Crippen LogP contribution in [0.25, 0.3) is 0 Å². The van der Waals surface area contributed by atoms with E-state index in [0.29, 0.717) is 25.8 Å². The molecule has 1 aromatic rings. The molecule has 1 aliphatic heterocycles. The second-order valence-corrected chi connectivity index (χ2v) is 15.2. The van der Waals surface area contributed by atoms with E-state index in [-0.39, 0.29) is 42.4 Å². The van der Waals surface area contributed by atoms with Crippen molar-refractivity contribution in [1.82, 2.24) is 25.3 Å². The van der Waals surface area contributed by atoms with E-state index >= 15 is 0 Å². The van der Waals surface area contributed by atoms with E-state index in [0.717, 1.165) is 5.56 Å². The molecule has 14 nitrogen and oxygen atoms in total. The highest BCUT2D eigenvalue weighted by atomic mass is 16.5. The molecule has 2 rings (SSSR count). The predicted octanol–water partition coefficient (Wildman–Crippen LogP) is 2.14. The van der Waals surface area contributed by atoms with Crippen molar-refractivity contribution in [3.63, 3.8) is 0 Å². The number of amides is 4. The first-order valence-corrected chi connectivity index (χ1v) is 18.8. The van der Waals surface area contributed by atoms with Gasteiger partial charge in [0.2, 0.25) is 23.6 Å². The van der Waals surface area contributed by atoms with Gasteiger partial charge < -0.3 is 40.7 Å². The minimum Gasteiger partial charge on any atom is -0.480 e. The SMILES string of the molecule is CC[C@H](C)[C@@H]([C@@H](CC(=O)N1CCC[C@H]1[C@H](OC)[C@@H](C)C(=O)N[C@@H](Cc1ccccc1)C(=O)O)OC)N(C)C(=O)[C@@H](NC(=O)[C@H](C(C)C)N(C)C)[C@H](C)N. The van der Waals surface area contributed by atoms with Crippen molar-refractivity contribution in [1.29, 1.82) is 0 Å². The van der Waals surface area contributed by atoms with E-state index in [9.17, 15) is 29.1 Å². The van der Waals surface area contributed by atoms with Gasteiger partial charge in [0, 0.05) is 40.3 Å². The molecule has 0 spiro atoms. The number of nitrogens with one attached hydrogen (secondary N) is 2. The summed E-state index contributed by atoms with van der Waals surface area (Å²) in [4.78, 5) is 72.2. The van der Waals surface area contributed by atoms with Crippen LogP contribution in [0, 0.1) is 17.8 Å². The first-order chi connectivity index (χ1) is 24.9. The number of hydrogen-bond acceptors (Lipinski definition) is 9. The van der Waals surface area contributed by atoms with E-state index in [2.05, 4.69) is 10.6 Å². The van der Waals surface area contributed by atoms with Crippen molar-refractivity contribution >= 4 is 29.6 Å². The Bertz CT molecular complexity index is 1340. The minimum absolute atomic E-state index is 0.00547. The summed E-state index contributed by atoms with van der Waals surface area (Å²) in [5.41, 5.74) is 7.08. The summed E-state index contributed by atoms with van der Waals surface area (Å²) >= 11 is 0. The minimum atomic E-state index is -1.14.